The molecule has 0 spiro atoms. The number of rotatable bonds is 5. The Kier molecular flexibility index (Phi) is 4.82. The minimum absolute atomic E-state index is 0.234. The molecule has 108 valence electrons. The fourth-order valence-electron chi connectivity index (χ4n) is 1.70. The Labute approximate surface area is 127 Å². The normalized spacial score (nSPS) is 12.0. The predicted octanol–water partition coefficient (Wildman–Crippen LogP) is 2.68. The summed E-state index contributed by atoms with van der Waals surface area (Å²) in [6.45, 7) is 0.568. The van der Waals surface area contributed by atoms with E-state index in [4.69, 9.17) is 17.3 Å². The van der Waals surface area contributed by atoms with Crippen molar-refractivity contribution in [2.24, 2.45) is 5.73 Å². The van der Waals surface area contributed by atoms with Crippen LogP contribution in [-0.4, -0.2) is 19.8 Å². The summed E-state index contributed by atoms with van der Waals surface area (Å²) in [5.41, 5.74) is 7.10. The molecule has 0 saturated heterocycles. The number of sulfonamides is 1. The van der Waals surface area contributed by atoms with Gasteiger partial charge in [-0.25, -0.2) is 8.42 Å². The van der Waals surface area contributed by atoms with Gasteiger partial charge in [-0.15, -0.1) is 11.3 Å². The van der Waals surface area contributed by atoms with E-state index >= 15 is 0 Å². The zero-order valence-corrected chi connectivity index (χ0v) is 13.3. The quantitative estimate of drug-likeness (QED) is 0.916. The van der Waals surface area contributed by atoms with E-state index in [2.05, 4.69) is 0 Å². The van der Waals surface area contributed by atoms with Crippen molar-refractivity contribution in [1.82, 2.24) is 4.31 Å². The highest BCUT2D eigenvalue weighted by Gasteiger charge is 2.23. The highest BCUT2D eigenvalue weighted by atomic mass is 35.5. The van der Waals surface area contributed by atoms with Crippen LogP contribution in [0.25, 0.3) is 0 Å². The van der Waals surface area contributed by atoms with E-state index in [0.29, 0.717) is 15.8 Å². The first kappa shape index (κ1) is 15.5. The lowest BCUT2D eigenvalue weighted by molar-refractivity contribution is 0.468. The molecule has 0 radical (unpaired) electrons. The van der Waals surface area contributed by atoms with Gasteiger partial charge in [0.25, 0.3) is 10.0 Å². The number of nitrogens with zero attached hydrogens (tertiary/aromatic N) is 1. The van der Waals surface area contributed by atoms with Crippen LogP contribution in [0.3, 0.4) is 0 Å². The summed E-state index contributed by atoms with van der Waals surface area (Å²) >= 11 is 7.24. The standard InChI is InChI=1S/C13H15ClN2O2S2/c1-16(8-11-4-2-3-5-12(11)14)20(17,18)13-6-10(7-15)9-19-13/h2-6,9H,7-8,15H2,1H3. The van der Waals surface area contributed by atoms with Crippen molar-refractivity contribution >= 4 is 33.0 Å². The van der Waals surface area contributed by atoms with Crippen molar-refractivity contribution in [3.63, 3.8) is 0 Å². The van der Waals surface area contributed by atoms with Gasteiger partial charge in [0.15, 0.2) is 0 Å². The molecule has 0 aliphatic heterocycles. The third-order valence-electron chi connectivity index (χ3n) is 2.88. The van der Waals surface area contributed by atoms with Gasteiger partial charge >= 0.3 is 0 Å². The Hall–Kier alpha value is -0.920. The summed E-state index contributed by atoms with van der Waals surface area (Å²) in [5.74, 6) is 0. The van der Waals surface area contributed by atoms with Crippen LogP contribution in [0.2, 0.25) is 5.02 Å². The summed E-state index contributed by atoms with van der Waals surface area (Å²) in [7, 11) is -1.96. The topological polar surface area (TPSA) is 63.4 Å². The summed E-state index contributed by atoms with van der Waals surface area (Å²) in [5, 5.41) is 2.32. The number of hydrogen-bond donors (Lipinski definition) is 1. The second kappa shape index (κ2) is 6.24. The number of benzene rings is 1. The first-order valence-electron chi connectivity index (χ1n) is 5.92. The van der Waals surface area contributed by atoms with Crippen molar-refractivity contribution in [1.29, 1.82) is 0 Å². The third kappa shape index (κ3) is 3.21. The van der Waals surface area contributed by atoms with Crippen molar-refractivity contribution in [2.45, 2.75) is 17.3 Å². The van der Waals surface area contributed by atoms with Crippen molar-refractivity contribution in [3.8, 4) is 0 Å². The molecule has 0 unspecified atom stereocenters. The number of hydrogen-bond acceptors (Lipinski definition) is 4. The predicted molar refractivity (Wildman–Crippen MR) is 82.3 cm³/mol. The van der Waals surface area contributed by atoms with Crippen LogP contribution in [-0.2, 0) is 23.1 Å². The molecule has 0 atom stereocenters. The second-order valence-corrected chi connectivity index (χ2v) is 7.92. The molecular weight excluding hydrogens is 316 g/mol. The smallest absolute Gasteiger partial charge is 0.252 e. The lowest BCUT2D eigenvalue weighted by atomic mass is 10.2. The Morgan fingerprint density at radius 1 is 1.35 bits per heavy atom. The van der Waals surface area contributed by atoms with Gasteiger partial charge in [0.2, 0.25) is 0 Å². The van der Waals surface area contributed by atoms with Gasteiger partial charge in [-0.2, -0.15) is 4.31 Å². The molecule has 20 heavy (non-hydrogen) atoms. The molecule has 2 rings (SSSR count). The van der Waals surface area contributed by atoms with Crippen LogP contribution >= 0.6 is 22.9 Å². The zero-order chi connectivity index (χ0) is 14.8. The molecule has 0 fully saturated rings. The maximum absolute atomic E-state index is 12.4. The second-order valence-electron chi connectivity index (χ2n) is 4.33. The molecular formula is C13H15ClN2O2S2. The van der Waals surface area contributed by atoms with Crippen LogP contribution < -0.4 is 5.73 Å². The molecule has 7 heteroatoms. The van der Waals surface area contributed by atoms with Gasteiger partial charge in [-0.1, -0.05) is 29.8 Å². The molecule has 1 aromatic heterocycles. The molecule has 0 amide bonds. The Morgan fingerprint density at radius 2 is 2.05 bits per heavy atom. The van der Waals surface area contributed by atoms with Gasteiger partial charge in [0, 0.05) is 25.2 Å². The third-order valence-corrected chi connectivity index (χ3v) is 6.52. The minimum atomic E-state index is -3.51. The first-order valence-corrected chi connectivity index (χ1v) is 8.62. The fourth-order valence-corrected chi connectivity index (χ4v) is 4.48. The van der Waals surface area contributed by atoms with Crippen molar-refractivity contribution in [3.05, 3.63) is 51.9 Å². The SMILES string of the molecule is CN(Cc1ccccc1Cl)S(=O)(=O)c1cc(CN)cs1. The molecule has 1 heterocycles. The summed E-state index contributed by atoms with van der Waals surface area (Å²) < 4.78 is 26.4. The van der Waals surface area contributed by atoms with E-state index in [-0.39, 0.29) is 6.54 Å². The number of halogens is 1. The Bertz CT molecular complexity index is 698. The van der Waals surface area contributed by atoms with E-state index in [9.17, 15) is 8.42 Å². The summed E-state index contributed by atoms with van der Waals surface area (Å²) in [4.78, 5) is 0. The maximum atomic E-state index is 12.4. The molecule has 4 nitrogen and oxygen atoms in total. The monoisotopic (exact) mass is 330 g/mol. The molecule has 0 saturated carbocycles. The van der Waals surface area contributed by atoms with Crippen LogP contribution in [0.4, 0.5) is 0 Å². The van der Waals surface area contributed by atoms with Crippen LogP contribution in [0.15, 0.2) is 39.9 Å². The first-order chi connectivity index (χ1) is 9.45. The van der Waals surface area contributed by atoms with Crippen LogP contribution in [0.5, 0.6) is 0 Å². The van der Waals surface area contributed by atoms with E-state index < -0.39 is 10.0 Å². The molecule has 0 aliphatic carbocycles. The Balaban J connectivity index is 2.23. The highest BCUT2D eigenvalue weighted by molar-refractivity contribution is 7.91. The molecule has 2 aromatic rings. The van der Waals surface area contributed by atoms with Gasteiger partial charge in [-0.3, -0.25) is 0 Å². The van der Waals surface area contributed by atoms with E-state index in [1.165, 1.54) is 15.6 Å². The molecule has 0 aliphatic rings. The number of nitrogens with two attached hydrogens (primary N) is 1. The van der Waals surface area contributed by atoms with Crippen molar-refractivity contribution in [2.75, 3.05) is 7.05 Å². The Morgan fingerprint density at radius 3 is 2.65 bits per heavy atom. The highest BCUT2D eigenvalue weighted by Crippen LogP contribution is 2.25. The minimum Gasteiger partial charge on any atom is -0.326 e. The van der Waals surface area contributed by atoms with E-state index in [0.717, 1.165) is 11.1 Å². The van der Waals surface area contributed by atoms with Gasteiger partial charge in [-0.05, 0) is 28.6 Å². The van der Waals surface area contributed by atoms with Crippen LogP contribution in [0.1, 0.15) is 11.1 Å². The average Bonchev–Trinajstić information content (AvgIpc) is 2.90. The van der Waals surface area contributed by atoms with Gasteiger partial charge in [0.1, 0.15) is 4.21 Å². The van der Waals surface area contributed by atoms with Crippen molar-refractivity contribution < 1.29 is 8.42 Å². The van der Waals surface area contributed by atoms with Crippen LogP contribution in [0, 0.1) is 0 Å². The summed E-state index contributed by atoms with van der Waals surface area (Å²) in [6.07, 6.45) is 0. The van der Waals surface area contributed by atoms with E-state index in [1.807, 2.05) is 18.2 Å². The summed E-state index contributed by atoms with van der Waals surface area (Å²) in [6, 6.07) is 8.82. The lowest BCUT2D eigenvalue weighted by Gasteiger charge is -2.16. The van der Waals surface area contributed by atoms with E-state index in [1.54, 1.807) is 24.6 Å². The lowest BCUT2D eigenvalue weighted by Crippen LogP contribution is -2.26. The largest absolute Gasteiger partial charge is 0.326 e. The molecule has 2 N–H and O–H groups in total. The zero-order valence-electron chi connectivity index (χ0n) is 10.9. The fraction of sp³-hybridized carbons (Fsp3) is 0.231. The maximum Gasteiger partial charge on any atom is 0.252 e. The number of thiophene rings is 1. The molecule has 1 aromatic carbocycles. The van der Waals surface area contributed by atoms with Gasteiger partial charge < -0.3 is 5.73 Å². The van der Waals surface area contributed by atoms with Gasteiger partial charge in [0.05, 0.1) is 0 Å². The molecule has 0 bridgehead atoms. The average molecular weight is 331 g/mol.